The Labute approximate surface area is 174 Å². The highest BCUT2D eigenvalue weighted by Crippen LogP contribution is 2.38. The number of aryl methyl sites for hydroxylation is 2. The maximum atomic E-state index is 12.4. The van der Waals surface area contributed by atoms with E-state index in [0.717, 1.165) is 16.8 Å². The molecule has 0 aliphatic rings. The molecular weight excluding hydrogens is 388 g/mol. The van der Waals surface area contributed by atoms with Gasteiger partial charge < -0.3 is 19.5 Å². The van der Waals surface area contributed by atoms with Crippen LogP contribution in [0.4, 0.5) is 5.13 Å². The van der Waals surface area contributed by atoms with Crippen molar-refractivity contribution >= 4 is 22.4 Å². The average Bonchev–Trinajstić information content (AvgIpc) is 3.20. The molecule has 0 fully saturated rings. The van der Waals surface area contributed by atoms with Gasteiger partial charge in [0.15, 0.2) is 16.6 Å². The summed E-state index contributed by atoms with van der Waals surface area (Å²) in [6, 6.07) is 11.9. The largest absolute Gasteiger partial charge is 0.493 e. The van der Waals surface area contributed by atoms with Crippen LogP contribution in [0.3, 0.4) is 0 Å². The van der Waals surface area contributed by atoms with Crippen LogP contribution in [-0.2, 0) is 11.2 Å². The summed E-state index contributed by atoms with van der Waals surface area (Å²) in [5, 5.41) is 5.41. The third kappa shape index (κ3) is 5.06. The number of methoxy groups -OCH3 is 3. The van der Waals surface area contributed by atoms with Gasteiger partial charge in [-0.2, -0.15) is 0 Å². The lowest BCUT2D eigenvalue weighted by molar-refractivity contribution is -0.116. The Bertz CT molecular complexity index is 958. The van der Waals surface area contributed by atoms with Gasteiger partial charge in [-0.05, 0) is 31.0 Å². The summed E-state index contributed by atoms with van der Waals surface area (Å²) in [5.41, 5.74) is 4.01. The van der Waals surface area contributed by atoms with E-state index in [9.17, 15) is 4.79 Å². The van der Waals surface area contributed by atoms with Crippen LogP contribution in [-0.4, -0.2) is 32.2 Å². The molecule has 0 aliphatic heterocycles. The first-order valence-electron chi connectivity index (χ1n) is 9.15. The molecular formula is C22H24N2O4S. The Hall–Kier alpha value is -3.06. The van der Waals surface area contributed by atoms with E-state index < -0.39 is 0 Å². The maximum absolute atomic E-state index is 12.4. The first kappa shape index (κ1) is 20.7. The number of hydrogen-bond acceptors (Lipinski definition) is 6. The minimum atomic E-state index is -0.0939. The van der Waals surface area contributed by atoms with Crippen LogP contribution in [0.1, 0.15) is 17.5 Å². The Balaban J connectivity index is 1.62. The van der Waals surface area contributed by atoms with E-state index in [4.69, 9.17) is 14.2 Å². The molecule has 152 valence electrons. The Morgan fingerprint density at radius 2 is 1.69 bits per heavy atom. The van der Waals surface area contributed by atoms with Crippen molar-refractivity contribution in [2.24, 2.45) is 0 Å². The number of nitrogens with zero attached hydrogens (tertiary/aromatic N) is 1. The van der Waals surface area contributed by atoms with Crippen LogP contribution >= 0.6 is 11.3 Å². The van der Waals surface area contributed by atoms with Crippen molar-refractivity contribution in [2.75, 3.05) is 26.6 Å². The fraction of sp³-hybridized carbons (Fsp3) is 0.273. The monoisotopic (exact) mass is 412 g/mol. The summed E-state index contributed by atoms with van der Waals surface area (Å²) < 4.78 is 16.0. The molecule has 0 unspecified atom stereocenters. The zero-order chi connectivity index (χ0) is 20.8. The van der Waals surface area contributed by atoms with Gasteiger partial charge in [-0.25, -0.2) is 4.98 Å². The molecule has 1 amide bonds. The van der Waals surface area contributed by atoms with Crippen molar-refractivity contribution in [2.45, 2.75) is 19.8 Å². The fourth-order valence-electron chi connectivity index (χ4n) is 2.91. The number of carbonyl (C=O) groups excluding carboxylic acids is 1. The predicted octanol–water partition coefficient (Wildman–Crippen LogP) is 4.72. The smallest absolute Gasteiger partial charge is 0.226 e. The number of anilines is 1. The van der Waals surface area contributed by atoms with Gasteiger partial charge in [0, 0.05) is 17.4 Å². The Kier molecular flexibility index (Phi) is 6.72. The van der Waals surface area contributed by atoms with E-state index in [1.807, 2.05) is 48.7 Å². The second-order valence-electron chi connectivity index (χ2n) is 6.49. The van der Waals surface area contributed by atoms with Gasteiger partial charge in [0.25, 0.3) is 0 Å². The van der Waals surface area contributed by atoms with Gasteiger partial charge in [0.05, 0.1) is 27.0 Å². The van der Waals surface area contributed by atoms with E-state index in [1.54, 1.807) is 21.3 Å². The molecule has 6 nitrogen and oxygen atoms in total. The quantitative estimate of drug-likeness (QED) is 0.580. The van der Waals surface area contributed by atoms with E-state index in [2.05, 4.69) is 10.3 Å². The molecule has 0 saturated carbocycles. The topological polar surface area (TPSA) is 69.7 Å². The molecule has 1 N–H and O–H groups in total. The number of amides is 1. The van der Waals surface area contributed by atoms with Gasteiger partial charge in [-0.15, -0.1) is 11.3 Å². The van der Waals surface area contributed by atoms with Crippen LogP contribution in [0.15, 0.2) is 41.8 Å². The summed E-state index contributed by atoms with van der Waals surface area (Å²) in [4.78, 5) is 16.9. The number of hydrogen-bond donors (Lipinski definition) is 1. The molecule has 3 rings (SSSR count). The second kappa shape index (κ2) is 9.43. The molecule has 2 aromatic carbocycles. The van der Waals surface area contributed by atoms with Crippen LogP contribution in [0, 0.1) is 6.92 Å². The molecule has 3 aromatic rings. The maximum Gasteiger partial charge on any atom is 0.226 e. The van der Waals surface area contributed by atoms with Gasteiger partial charge in [0.2, 0.25) is 11.7 Å². The second-order valence-corrected chi connectivity index (χ2v) is 7.34. The molecule has 0 aliphatic carbocycles. The van der Waals surface area contributed by atoms with Crippen LogP contribution in [0.25, 0.3) is 11.3 Å². The molecule has 0 radical (unpaired) electrons. The van der Waals surface area contributed by atoms with Gasteiger partial charge in [0.1, 0.15) is 0 Å². The van der Waals surface area contributed by atoms with Gasteiger partial charge in [-0.1, -0.05) is 29.8 Å². The number of rotatable bonds is 8. The zero-order valence-corrected chi connectivity index (χ0v) is 17.8. The number of benzene rings is 2. The van der Waals surface area contributed by atoms with Crippen LogP contribution in [0.5, 0.6) is 17.2 Å². The van der Waals surface area contributed by atoms with E-state index in [0.29, 0.717) is 35.2 Å². The van der Waals surface area contributed by atoms with Crippen molar-refractivity contribution in [1.29, 1.82) is 0 Å². The van der Waals surface area contributed by atoms with Crippen molar-refractivity contribution in [1.82, 2.24) is 4.98 Å². The van der Waals surface area contributed by atoms with Crippen molar-refractivity contribution < 1.29 is 19.0 Å². The molecule has 29 heavy (non-hydrogen) atoms. The average molecular weight is 413 g/mol. The highest BCUT2D eigenvalue weighted by atomic mass is 32.1. The number of aromatic nitrogens is 1. The molecule has 1 heterocycles. The van der Waals surface area contributed by atoms with Gasteiger partial charge >= 0.3 is 0 Å². The third-order valence-electron chi connectivity index (χ3n) is 4.46. The Morgan fingerprint density at radius 1 is 1.03 bits per heavy atom. The SMILES string of the molecule is COc1cc(CCC(=O)Nc2nc(-c3ccc(C)cc3)cs2)cc(OC)c1OC. The summed E-state index contributed by atoms with van der Waals surface area (Å²) >= 11 is 1.42. The summed E-state index contributed by atoms with van der Waals surface area (Å²) in [6.07, 6.45) is 0.858. The minimum Gasteiger partial charge on any atom is -0.493 e. The van der Waals surface area contributed by atoms with Crippen molar-refractivity contribution in [3.63, 3.8) is 0 Å². The number of ether oxygens (including phenoxy) is 3. The number of thiazole rings is 1. The molecule has 0 bridgehead atoms. The Morgan fingerprint density at radius 3 is 2.28 bits per heavy atom. The third-order valence-corrected chi connectivity index (χ3v) is 5.22. The fourth-order valence-corrected chi connectivity index (χ4v) is 3.64. The van der Waals surface area contributed by atoms with E-state index in [1.165, 1.54) is 16.9 Å². The lowest BCUT2D eigenvalue weighted by Crippen LogP contribution is -2.12. The molecule has 0 atom stereocenters. The lowest BCUT2D eigenvalue weighted by Gasteiger charge is -2.14. The number of nitrogens with one attached hydrogen (secondary N) is 1. The first-order valence-corrected chi connectivity index (χ1v) is 10.0. The zero-order valence-electron chi connectivity index (χ0n) is 16.9. The molecule has 0 spiro atoms. The predicted molar refractivity (Wildman–Crippen MR) is 115 cm³/mol. The normalized spacial score (nSPS) is 10.5. The number of carbonyl (C=O) groups is 1. The van der Waals surface area contributed by atoms with Crippen LogP contribution < -0.4 is 19.5 Å². The summed E-state index contributed by atoms with van der Waals surface area (Å²) in [6.45, 7) is 2.05. The van der Waals surface area contributed by atoms with E-state index in [-0.39, 0.29) is 5.91 Å². The summed E-state index contributed by atoms with van der Waals surface area (Å²) in [5.74, 6) is 1.59. The lowest BCUT2D eigenvalue weighted by atomic mass is 10.1. The standard InChI is InChI=1S/C22H24N2O4S/c1-14-5-8-16(9-6-14)17-13-29-22(23-17)24-20(25)10-7-15-11-18(26-2)21(28-4)19(12-15)27-3/h5-6,8-9,11-13H,7,10H2,1-4H3,(H,23,24,25). The first-order chi connectivity index (χ1) is 14.0. The van der Waals surface area contributed by atoms with E-state index >= 15 is 0 Å². The minimum absolute atomic E-state index is 0.0939. The highest BCUT2D eigenvalue weighted by molar-refractivity contribution is 7.14. The summed E-state index contributed by atoms with van der Waals surface area (Å²) in [7, 11) is 4.70. The molecule has 0 saturated heterocycles. The van der Waals surface area contributed by atoms with Gasteiger partial charge in [-0.3, -0.25) is 4.79 Å². The van der Waals surface area contributed by atoms with Crippen molar-refractivity contribution in [3.8, 4) is 28.5 Å². The van der Waals surface area contributed by atoms with Crippen molar-refractivity contribution in [3.05, 3.63) is 52.9 Å². The molecule has 7 heteroatoms. The highest BCUT2D eigenvalue weighted by Gasteiger charge is 2.14. The van der Waals surface area contributed by atoms with Crippen LogP contribution in [0.2, 0.25) is 0 Å². The molecule has 1 aromatic heterocycles.